The standard InChI is InChI=1S/C11H15NO3/c13-7-8-3-1-2-4-9(8)12-10(14)5-6-11(12)15/h5-6,8-9,13H,1-4,7H2. The van der Waals surface area contributed by atoms with Crippen molar-refractivity contribution >= 4 is 11.8 Å². The summed E-state index contributed by atoms with van der Waals surface area (Å²) in [5.41, 5.74) is 0. The number of hydrogen-bond acceptors (Lipinski definition) is 3. The van der Waals surface area contributed by atoms with Gasteiger partial charge in [0.2, 0.25) is 0 Å². The zero-order valence-corrected chi connectivity index (χ0v) is 8.56. The molecule has 2 unspecified atom stereocenters. The van der Waals surface area contributed by atoms with E-state index in [1.807, 2.05) is 0 Å². The lowest BCUT2D eigenvalue weighted by Crippen LogP contribution is -2.46. The average molecular weight is 209 g/mol. The highest BCUT2D eigenvalue weighted by molar-refractivity contribution is 6.13. The van der Waals surface area contributed by atoms with E-state index in [1.54, 1.807) is 0 Å². The summed E-state index contributed by atoms with van der Waals surface area (Å²) in [6, 6.07) is -0.0984. The number of amides is 2. The maximum Gasteiger partial charge on any atom is 0.253 e. The molecule has 0 spiro atoms. The van der Waals surface area contributed by atoms with Crippen LogP contribution in [0.5, 0.6) is 0 Å². The molecule has 1 N–H and O–H groups in total. The van der Waals surface area contributed by atoms with Gasteiger partial charge in [0, 0.05) is 30.7 Å². The molecule has 1 heterocycles. The Labute approximate surface area is 88.6 Å². The fourth-order valence-corrected chi connectivity index (χ4v) is 2.48. The van der Waals surface area contributed by atoms with E-state index >= 15 is 0 Å². The summed E-state index contributed by atoms with van der Waals surface area (Å²) in [6.45, 7) is 0.0573. The van der Waals surface area contributed by atoms with Crippen LogP contribution in [0, 0.1) is 5.92 Å². The van der Waals surface area contributed by atoms with E-state index < -0.39 is 0 Å². The number of aliphatic hydroxyl groups excluding tert-OH is 1. The van der Waals surface area contributed by atoms with Crippen LogP contribution in [0.2, 0.25) is 0 Å². The van der Waals surface area contributed by atoms with Crippen LogP contribution in [-0.2, 0) is 9.59 Å². The predicted octanol–water partition coefficient (Wildman–Crippen LogP) is 0.462. The highest BCUT2D eigenvalue weighted by atomic mass is 16.3. The van der Waals surface area contributed by atoms with Crippen molar-refractivity contribution < 1.29 is 14.7 Å². The monoisotopic (exact) mass is 209 g/mol. The van der Waals surface area contributed by atoms with Crippen molar-refractivity contribution in [1.29, 1.82) is 0 Å². The summed E-state index contributed by atoms with van der Waals surface area (Å²) >= 11 is 0. The molecule has 15 heavy (non-hydrogen) atoms. The number of hydrogen-bond donors (Lipinski definition) is 1. The van der Waals surface area contributed by atoms with Crippen molar-refractivity contribution in [1.82, 2.24) is 4.90 Å². The largest absolute Gasteiger partial charge is 0.396 e. The fourth-order valence-electron chi connectivity index (χ4n) is 2.48. The van der Waals surface area contributed by atoms with Gasteiger partial charge in [-0.25, -0.2) is 0 Å². The SMILES string of the molecule is O=C1C=CC(=O)N1C1CCCCC1CO. The van der Waals surface area contributed by atoms with Crippen molar-refractivity contribution in [3.63, 3.8) is 0 Å². The Bertz CT molecular complexity index is 293. The molecule has 1 aliphatic carbocycles. The Balaban J connectivity index is 2.14. The summed E-state index contributed by atoms with van der Waals surface area (Å²) in [5.74, 6) is -0.401. The van der Waals surface area contributed by atoms with Crippen molar-refractivity contribution in [3.05, 3.63) is 12.2 Å². The highest BCUT2D eigenvalue weighted by Gasteiger charge is 2.36. The van der Waals surface area contributed by atoms with E-state index in [9.17, 15) is 14.7 Å². The number of nitrogens with zero attached hydrogens (tertiary/aromatic N) is 1. The van der Waals surface area contributed by atoms with Gasteiger partial charge in [0.05, 0.1) is 0 Å². The van der Waals surface area contributed by atoms with Gasteiger partial charge in [0.25, 0.3) is 11.8 Å². The molecule has 2 amide bonds. The third-order valence-electron chi connectivity index (χ3n) is 3.28. The van der Waals surface area contributed by atoms with Crippen LogP contribution in [0.3, 0.4) is 0 Å². The number of aliphatic hydroxyl groups is 1. The van der Waals surface area contributed by atoms with Crippen LogP contribution in [0.25, 0.3) is 0 Å². The highest BCUT2D eigenvalue weighted by Crippen LogP contribution is 2.29. The third kappa shape index (κ3) is 1.81. The van der Waals surface area contributed by atoms with Gasteiger partial charge < -0.3 is 5.11 Å². The molecule has 0 aromatic heterocycles. The molecule has 0 saturated heterocycles. The molecule has 1 fully saturated rings. The second-order valence-corrected chi connectivity index (χ2v) is 4.17. The van der Waals surface area contributed by atoms with Crippen molar-refractivity contribution in [2.24, 2.45) is 5.92 Å². The van der Waals surface area contributed by atoms with E-state index in [-0.39, 0.29) is 30.4 Å². The van der Waals surface area contributed by atoms with Crippen molar-refractivity contribution in [2.75, 3.05) is 6.61 Å². The molecule has 2 atom stereocenters. The van der Waals surface area contributed by atoms with Gasteiger partial charge in [0.1, 0.15) is 0 Å². The first-order valence-electron chi connectivity index (χ1n) is 5.40. The maximum atomic E-state index is 11.5. The Morgan fingerprint density at radius 1 is 1.20 bits per heavy atom. The molecule has 0 aromatic rings. The Morgan fingerprint density at radius 3 is 2.40 bits per heavy atom. The first kappa shape index (κ1) is 10.4. The Morgan fingerprint density at radius 2 is 1.80 bits per heavy atom. The lowest BCUT2D eigenvalue weighted by atomic mass is 9.84. The molecule has 82 valence electrons. The molecule has 4 nitrogen and oxygen atoms in total. The normalized spacial score (nSPS) is 31.4. The van der Waals surface area contributed by atoms with Gasteiger partial charge in [-0.1, -0.05) is 12.8 Å². The summed E-state index contributed by atoms with van der Waals surface area (Å²) in [6.07, 6.45) is 6.45. The van der Waals surface area contributed by atoms with Gasteiger partial charge in [-0.05, 0) is 12.8 Å². The second kappa shape index (κ2) is 4.14. The van der Waals surface area contributed by atoms with Crippen LogP contribution >= 0.6 is 0 Å². The fraction of sp³-hybridized carbons (Fsp3) is 0.636. The summed E-state index contributed by atoms with van der Waals surface area (Å²) in [4.78, 5) is 24.3. The number of carbonyl (C=O) groups excluding carboxylic acids is 2. The third-order valence-corrected chi connectivity index (χ3v) is 3.28. The lowest BCUT2D eigenvalue weighted by molar-refractivity contribution is -0.142. The van der Waals surface area contributed by atoms with Crippen LogP contribution < -0.4 is 0 Å². The molecule has 1 aliphatic heterocycles. The van der Waals surface area contributed by atoms with Gasteiger partial charge in [-0.15, -0.1) is 0 Å². The van der Waals surface area contributed by atoms with Gasteiger partial charge in [0.15, 0.2) is 0 Å². The Kier molecular flexibility index (Phi) is 2.86. The average Bonchev–Trinajstić information content (AvgIpc) is 2.59. The molecule has 2 aliphatic rings. The van der Waals surface area contributed by atoms with Gasteiger partial charge in [-0.3, -0.25) is 14.5 Å². The minimum absolute atomic E-state index is 0.0573. The van der Waals surface area contributed by atoms with E-state index in [4.69, 9.17) is 0 Å². The molecule has 0 bridgehead atoms. The van der Waals surface area contributed by atoms with Crippen molar-refractivity contribution in [3.8, 4) is 0 Å². The number of rotatable bonds is 2. The Hall–Kier alpha value is -1.16. The predicted molar refractivity (Wildman–Crippen MR) is 53.8 cm³/mol. The first-order chi connectivity index (χ1) is 7.24. The molecule has 0 aromatic carbocycles. The van der Waals surface area contributed by atoms with E-state index in [0.29, 0.717) is 0 Å². The second-order valence-electron chi connectivity index (χ2n) is 4.17. The quantitative estimate of drug-likeness (QED) is 0.672. The lowest BCUT2D eigenvalue weighted by Gasteiger charge is -2.35. The minimum Gasteiger partial charge on any atom is -0.396 e. The van der Waals surface area contributed by atoms with Crippen LogP contribution in [0.15, 0.2) is 12.2 Å². The van der Waals surface area contributed by atoms with Gasteiger partial charge in [-0.2, -0.15) is 0 Å². The van der Waals surface area contributed by atoms with E-state index in [0.717, 1.165) is 25.7 Å². The molecule has 2 rings (SSSR count). The van der Waals surface area contributed by atoms with Crippen LogP contribution in [-0.4, -0.2) is 34.5 Å². The van der Waals surface area contributed by atoms with E-state index in [2.05, 4.69) is 0 Å². The zero-order chi connectivity index (χ0) is 10.8. The zero-order valence-electron chi connectivity index (χ0n) is 8.56. The van der Waals surface area contributed by atoms with Crippen LogP contribution in [0.4, 0.5) is 0 Å². The summed E-state index contributed by atoms with van der Waals surface area (Å²) in [5, 5.41) is 9.22. The molecular weight excluding hydrogens is 194 g/mol. The molecule has 1 saturated carbocycles. The van der Waals surface area contributed by atoms with Crippen molar-refractivity contribution in [2.45, 2.75) is 31.7 Å². The van der Waals surface area contributed by atoms with Gasteiger partial charge >= 0.3 is 0 Å². The van der Waals surface area contributed by atoms with E-state index in [1.165, 1.54) is 17.1 Å². The minimum atomic E-state index is -0.231. The summed E-state index contributed by atoms with van der Waals surface area (Å²) in [7, 11) is 0. The smallest absolute Gasteiger partial charge is 0.253 e. The molecule has 4 heteroatoms. The number of imide groups is 1. The first-order valence-corrected chi connectivity index (χ1v) is 5.40. The molecule has 0 radical (unpaired) electrons. The summed E-state index contributed by atoms with van der Waals surface area (Å²) < 4.78 is 0. The number of carbonyl (C=O) groups is 2. The maximum absolute atomic E-state index is 11.5. The van der Waals surface area contributed by atoms with Crippen LogP contribution in [0.1, 0.15) is 25.7 Å². The topological polar surface area (TPSA) is 57.6 Å². The molecular formula is C11H15NO3.